The van der Waals surface area contributed by atoms with Crippen molar-refractivity contribution in [2.45, 2.75) is 0 Å². The molecular weight excluding hydrogens is 1940 g/mol. The van der Waals surface area contributed by atoms with Gasteiger partial charge in [-0.25, -0.2) is 17.7 Å². The van der Waals surface area contributed by atoms with Crippen molar-refractivity contribution >= 4 is 110 Å². The van der Waals surface area contributed by atoms with E-state index in [9.17, 15) is 19.2 Å². The molecule has 0 aliphatic rings. The summed E-state index contributed by atoms with van der Waals surface area (Å²) in [6.07, 6.45) is 10.3. The Morgan fingerprint density at radius 3 is 0.830 bits per heavy atom. The maximum atomic E-state index is 15.0. The van der Waals surface area contributed by atoms with E-state index in [1.54, 1.807) is 126 Å². The molecule has 9 aromatic carbocycles. The van der Waals surface area contributed by atoms with Gasteiger partial charge >= 0.3 is 40.2 Å². The van der Waals surface area contributed by atoms with Crippen molar-refractivity contribution in [3.05, 3.63) is 332 Å². The molecule has 0 atom stereocenters. The number of rotatable bonds is 17. The van der Waals surface area contributed by atoms with E-state index in [0.717, 1.165) is 67.3 Å². The molecule has 0 radical (unpaired) electrons. The number of pyridine rings is 4. The number of halogens is 4. The van der Waals surface area contributed by atoms with E-state index in [4.69, 9.17) is 9.97 Å². The first-order chi connectivity index (χ1) is 50.5. The molecule has 106 heavy (non-hydrogen) atoms. The van der Waals surface area contributed by atoms with Crippen LogP contribution in [0.25, 0.3) is 101 Å². The number of hydrogen-bond acceptors (Lipinski definition) is 10. The fraction of sp³-hybridized carbons (Fsp3) is 0.0465. The second-order valence-electron chi connectivity index (χ2n) is 24.0. The summed E-state index contributed by atoms with van der Waals surface area (Å²) in [5.74, 6) is -1.13. The smallest absolute Gasteiger partial charge is 0.350 e. The molecule has 5 heterocycles. The number of hydrogen-bond donors (Lipinski definition) is 0. The van der Waals surface area contributed by atoms with Crippen LogP contribution < -0.4 is 19.6 Å². The van der Waals surface area contributed by atoms with E-state index in [1.165, 1.54) is 19.6 Å². The van der Waals surface area contributed by atoms with Gasteiger partial charge < -0.3 is 49.5 Å². The Morgan fingerprint density at radius 1 is 0.302 bits per heavy atom. The molecule has 0 N–H and O–H groups in total. The van der Waals surface area contributed by atoms with Crippen LogP contribution in [0, 0.1) is 36.4 Å². The van der Waals surface area contributed by atoms with Gasteiger partial charge in [0.15, 0.2) is 0 Å². The molecule has 14 rings (SSSR count). The molecule has 14 nitrogen and oxygen atoms in total. The third kappa shape index (κ3) is 16.1. The molecule has 0 fully saturated rings. The summed E-state index contributed by atoms with van der Waals surface area (Å²) < 4.78 is 2.59. The average Bonchev–Trinajstić information content (AvgIpc) is 0.779. The third-order valence-corrected chi connectivity index (χ3v) is 20.1. The minimum atomic E-state index is -0.375. The number of anilines is 4. The molecule has 20 heteroatoms. The number of carbonyl (C=O) groups is 4. The van der Waals surface area contributed by atoms with E-state index in [2.05, 4.69) is 120 Å². The molecule has 4 amide bonds. The van der Waals surface area contributed by atoms with Crippen LogP contribution in [0.4, 0.5) is 22.7 Å². The van der Waals surface area contributed by atoms with Gasteiger partial charge in [0.1, 0.15) is 0 Å². The molecular formula is C86H54Br4Ir2N10O4. The predicted octanol–water partition coefficient (Wildman–Crippen LogP) is 20.0. The van der Waals surface area contributed by atoms with Crippen molar-refractivity contribution in [1.82, 2.24) is 29.9 Å². The molecule has 14 aromatic rings. The molecule has 0 aliphatic carbocycles. The van der Waals surface area contributed by atoms with Gasteiger partial charge in [0.25, 0.3) is 0 Å². The molecule has 518 valence electrons. The fourth-order valence-electron chi connectivity index (χ4n) is 12.0. The van der Waals surface area contributed by atoms with Crippen LogP contribution in [-0.4, -0.2) is 81.7 Å². The van der Waals surface area contributed by atoms with Crippen molar-refractivity contribution < 1.29 is 59.4 Å². The Kier molecular flexibility index (Phi) is 23.8. The van der Waals surface area contributed by atoms with Crippen molar-refractivity contribution in [3.63, 3.8) is 0 Å². The third-order valence-electron chi connectivity index (χ3n) is 17.5. The minimum Gasteiger partial charge on any atom is -0.350 e. The van der Waals surface area contributed by atoms with Crippen LogP contribution in [-0.2, 0) is 40.2 Å². The van der Waals surface area contributed by atoms with Gasteiger partial charge in [0, 0.05) is 93.2 Å². The molecule has 0 saturated carbocycles. The van der Waals surface area contributed by atoms with E-state index in [1.807, 2.05) is 158 Å². The number of benzene rings is 9. The van der Waals surface area contributed by atoms with Gasteiger partial charge in [-0.2, -0.15) is 5.56 Å². The van der Waals surface area contributed by atoms with Crippen molar-refractivity contribution in [2.75, 3.05) is 47.8 Å². The zero-order chi connectivity index (χ0) is 72.1. The zero-order valence-electron chi connectivity index (χ0n) is 56.5. The topological polar surface area (TPSA) is 159 Å². The fourth-order valence-corrected chi connectivity index (χ4v) is 14.5. The minimum absolute atomic E-state index is 0. The molecule has 0 unspecified atom stereocenters. The Morgan fingerprint density at radius 2 is 0.566 bits per heavy atom. The van der Waals surface area contributed by atoms with E-state index >= 15 is 0 Å². The first-order valence-corrected chi connectivity index (χ1v) is 35.6. The quantitative estimate of drug-likeness (QED) is 0.0803. The van der Waals surface area contributed by atoms with Crippen LogP contribution in [0.5, 0.6) is 0 Å². The number of amides is 4. The summed E-state index contributed by atoms with van der Waals surface area (Å²) in [7, 11) is 6.74. The van der Waals surface area contributed by atoms with E-state index in [-0.39, 0.29) is 86.1 Å². The van der Waals surface area contributed by atoms with Crippen molar-refractivity contribution in [2.24, 2.45) is 0 Å². The second-order valence-corrected chi connectivity index (χ2v) is 27.4. The van der Waals surface area contributed by atoms with Crippen LogP contribution in [0.2, 0.25) is 0 Å². The SMILES string of the molecule is CN(C(=O)c1cc(C(=O)N(C)c2c[c-]c(-c3ccccn3)cc2Br)cc(-c2ccccc2-c2c[c-]c(-c3ncc(-c4ccccc4-c4cc(C(=O)N(C)c5c[c-]c(-c6ccccn6)cc5Br)cc(C(=O)N(C)c5c[c-]c(-c6ccccn6)cc5Br)c4)cn3)[c-]c2)c1)c1c[c-]c(-c2ccccn2)cc1Br.[Ir+3].[Ir+3]. The molecule has 0 spiro atoms. The first-order valence-electron chi connectivity index (χ1n) is 32.4. The van der Waals surface area contributed by atoms with Crippen molar-refractivity contribution in [1.29, 1.82) is 0 Å². The van der Waals surface area contributed by atoms with Gasteiger partial charge in [-0.3, -0.25) is 31.3 Å². The summed E-state index contributed by atoms with van der Waals surface area (Å²) in [6.45, 7) is 0. The molecule has 0 aliphatic heterocycles. The van der Waals surface area contributed by atoms with Gasteiger partial charge in [0.05, 0.1) is 0 Å². The number of aromatic nitrogens is 6. The van der Waals surface area contributed by atoms with Gasteiger partial charge in [-0.15, -0.1) is 95.1 Å². The van der Waals surface area contributed by atoms with Gasteiger partial charge in [-0.05, 0) is 158 Å². The molecule has 0 saturated heterocycles. The second kappa shape index (κ2) is 33.5. The van der Waals surface area contributed by atoms with Crippen LogP contribution in [0.1, 0.15) is 41.4 Å². The standard InChI is InChI=1S/C86H54Br4N10O4.2Ir/c1-97(78-33-29-55(47-70(78)87)74-21-9-13-37-91-74)83(101)61-41-59(42-62(45-61)84(102)98(2)79-34-30-56(48-71(79)88)75-22-10-14-38-92-75)67-18-6-5-17-66(67)53-25-27-54(28-26-53)82-95-51-65(52-96-82)69-20-8-7-19-68(69)60-43-63(85(103)99(3)80-35-31-57(49-72(80)89)76-23-11-15-39-93-76)46-64(44-60)86(104)100(4)81-36-32-58(50-73(81)90)77-24-12-16-40-94-77;;/h5-26,33-52H,1-4H3;;/q-6;2*+3. The Hall–Kier alpha value is -10.2. The predicted molar refractivity (Wildman–Crippen MR) is 423 cm³/mol. The van der Waals surface area contributed by atoms with Crippen LogP contribution in [0.3, 0.4) is 0 Å². The molecule has 0 bridgehead atoms. The maximum Gasteiger partial charge on any atom is 3.00 e. The van der Waals surface area contributed by atoms with E-state index < -0.39 is 0 Å². The summed E-state index contributed by atoms with van der Waals surface area (Å²) >= 11 is 14.9. The number of carbonyl (C=O) groups excluding carboxylic acids is 4. The van der Waals surface area contributed by atoms with Crippen molar-refractivity contribution in [3.8, 4) is 101 Å². The normalized spacial score (nSPS) is 10.8. The average molecular weight is 2000 g/mol. The monoisotopic (exact) mass is 1990 g/mol. The molecule has 5 aromatic heterocycles. The van der Waals surface area contributed by atoms with Gasteiger partial charge in [-0.1, -0.05) is 166 Å². The summed E-state index contributed by atoms with van der Waals surface area (Å²) in [6, 6.07) is 86.5. The first kappa shape index (κ1) is 75.4. The number of nitrogens with zero attached hydrogens (tertiary/aromatic N) is 10. The van der Waals surface area contributed by atoms with Gasteiger partial charge in [0.2, 0.25) is 23.6 Å². The summed E-state index contributed by atoms with van der Waals surface area (Å²) in [4.78, 5) is 93.6. The van der Waals surface area contributed by atoms with Crippen LogP contribution in [0.15, 0.2) is 273 Å². The summed E-state index contributed by atoms with van der Waals surface area (Å²) in [5, 5.41) is 0. The van der Waals surface area contributed by atoms with E-state index in [0.29, 0.717) is 74.3 Å². The Balaban J connectivity index is 0.00000526. The van der Waals surface area contributed by atoms with Crippen LogP contribution >= 0.6 is 63.7 Å². The zero-order valence-corrected chi connectivity index (χ0v) is 67.7. The largest absolute Gasteiger partial charge is 3.00 e. The summed E-state index contributed by atoms with van der Waals surface area (Å²) in [5.41, 5.74) is 15.3. The Labute approximate surface area is 674 Å². The Bertz CT molecular complexity index is 5020. The maximum absolute atomic E-state index is 15.0.